The summed E-state index contributed by atoms with van der Waals surface area (Å²) in [4.78, 5) is 4.82. The lowest BCUT2D eigenvalue weighted by atomic mass is 9.75. The van der Waals surface area contributed by atoms with E-state index in [-0.39, 0.29) is 11.8 Å². The Morgan fingerprint density at radius 3 is 2.85 bits per heavy atom. The Morgan fingerprint density at radius 2 is 2.04 bits per heavy atom. The van der Waals surface area contributed by atoms with E-state index in [2.05, 4.69) is 37.6 Å². The first-order valence-electron chi connectivity index (χ1n) is 8.88. The standard InChI is InChI=1S/C18H17N7O2/c1-3-5-12-15(18-23-21-9(2)26-18)14(11-8-19-22-17(11)20-12)10-6-4-7-13-16(10)25-27-24-13/h4,6-8,14-15H,3,5H2,1-2H3,(H,19,22). The second kappa shape index (κ2) is 6.11. The van der Waals surface area contributed by atoms with Gasteiger partial charge in [0.2, 0.25) is 11.8 Å². The highest BCUT2D eigenvalue weighted by molar-refractivity contribution is 5.96. The molecular weight excluding hydrogens is 346 g/mol. The lowest BCUT2D eigenvalue weighted by molar-refractivity contribution is 0.315. The number of aromatic amines is 1. The van der Waals surface area contributed by atoms with E-state index in [1.807, 2.05) is 18.2 Å². The number of nitrogens with one attached hydrogen (secondary N) is 1. The maximum Gasteiger partial charge on any atom is 0.226 e. The van der Waals surface area contributed by atoms with Crippen molar-refractivity contribution in [1.29, 1.82) is 0 Å². The number of aromatic nitrogens is 6. The third kappa shape index (κ3) is 2.46. The Morgan fingerprint density at radius 1 is 1.11 bits per heavy atom. The highest BCUT2D eigenvalue weighted by Crippen LogP contribution is 2.47. The Bertz CT molecular complexity index is 1140. The highest BCUT2D eigenvalue weighted by atomic mass is 16.6. The van der Waals surface area contributed by atoms with Crippen LogP contribution in [0.4, 0.5) is 5.82 Å². The molecule has 27 heavy (non-hydrogen) atoms. The summed E-state index contributed by atoms with van der Waals surface area (Å²) in [6.45, 7) is 3.91. The van der Waals surface area contributed by atoms with Crippen molar-refractivity contribution in [2.75, 3.05) is 0 Å². The molecule has 3 aromatic heterocycles. The zero-order chi connectivity index (χ0) is 18.4. The van der Waals surface area contributed by atoms with Crippen LogP contribution in [0.15, 0.2) is 38.4 Å². The summed E-state index contributed by atoms with van der Waals surface area (Å²) in [5.74, 6) is 1.50. The van der Waals surface area contributed by atoms with Crippen LogP contribution in [0.1, 0.15) is 54.5 Å². The van der Waals surface area contributed by atoms with Crippen LogP contribution in [0.3, 0.4) is 0 Å². The van der Waals surface area contributed by atoms with Crippen LogP contribution in [0.2, 0.25) is 0 Å². The number of hydrogen-bond donors (Lipinski definition) is 1. The summed E-state index contributed by atoms with van der Waals surface area (Å²) >= 11 is 0. The number of aliphatic imine (C=N–C) groups is 1. The maximum atomic E-state index is 5.84. The minimum Gasteiger partial charge on any atom is -0.425 e. The monoisotopic (exact) mass is 363 g/mol. The smallest absolute Gasteiger partial charge is 0.226 e. The van der Waals surface area contributed by atoms with Crippen molar-refractivity contribution in [2.24, 2.45) is 4.99 Å². The SMILES string of the molecule is CCCC1=Nc2[nH]ncc2C(c2cccc3nonc23)C1c1nnc(C)o1. The molecule has 9 heteroatoms. The van der Waals surface area contributed by atoms with Gasteiger partial charge in [-0.2, -0.15) is 5.10 Å². The minimum atomic E-state index is -0.196. The van der Waals surface area contributed by atoms with E-state index < -0.39 is 0 Å². The van der Waals surface area contributed by atoms with E-state index in [1.165, 1.54) is 0 Å². The first-order chi connectivity index (χ1) is 13.3. The molecule has 136 valence electrons. The molecule has 1 aliphatic heterocycles. The number of benzene rings is 1. The predicted molar refractivity (Wildman–Crippen MR) is 96.0 cm³/mol. The molecule has 2 atom stereocenters. The summed E-state index contributed by atoms with van der Waals surface area (Å²) in [6, 6.07) is 5.85. The summed E-state index contributed by atoms with van der Waals surface area (Å²) < 4.78 is 10.8. The van der Waals surface area contributed by atoms with Gasteiger partial charge in [0.15, 0.2) is 5.82 Å². The maximum absolute atomic E-state index is 5.84. The average molecular weight is 363 g/mol. The number of hydrogen-bond acceptors (Lipinski definition) is 8. The predicted octanol–water partition coefficient (Wildman–Crippen LogP) is 3.44. The molecule has 0 fully saturated rings. The fourth-order valence-electron chi connectivity index (χ4n) is 3.81. The Hall–Kier alpha value is -3.36. The molecule has 1 N–H and O–H groups in total. The van der Waals surface area contributed by atoms with Gasteiger partial charge in [-0.15, -0.1) is 10.2 Å². The van der Waals surface area contributed by atoms with Crippen molar-refractivity contribution in [3.63, 3.8) is 0 Å². The molecule has 0 spiro atoms. The van der Waals surface area contributed by atoms with Crippen molar-refractivity contribution < 1.29 is 9.05 Å². The van der Waals surface area contributed by atoms with Crippen LogP contribution in [0.25, 0.3) is 11.0 Å². The summed E-state index contributed by atoms with van der Waals surface area (Å²) in [5, 5.41) is 23.7. The Balaban J connectivity index is 1.77. The van der Waals surface area contributed by atoms with Crippen LogP contribution in [0.5, 0.6) is 0 Å². The minimum absolute atomic E-state index is 0.131. The number of fused-ring (bicyclic) bond motifs is 2. The third-order valence-corrected chi connectivity index (χ3v) is 4.90. The molecule has 0 saturated carbocycles. The van der Waals surface area contributed by atoms with Gasteiger partial charge in [0.05, 0.1) is 12.1 Å². The zero-order valence-electron chi connectivity index (χ0n) is 14.9. The van der Waals surface area contributed by atoms with E-state index in [9.17, 15) is 0 Å². The lowest BCUT2D eigenvalue weighted by Crippen LogP contribution is -2.25. The van der Waals surface area contributed by atoms with Gasteiger partial charge in [0.25, 0.3) is 0 Å². The third-order valence-electron chi connectivity index (χ3n) is 4.90. The van der Waals surface area contributed by atoms with Crippen LogP contribution >= 0.6 is 0 Å². The molecule has 0 amide bonds. The Labute approximate surface area is 153 Å². The molecule has 0 saturated heterocycles. The van der Waals surface area contributed by atoms with Gasteiger partial charge in [-0.05, 0) is 28.4 Å². The van der Waals surface area contributed by atoms with Gasteiger partial charge in [-0.25, -0.2) is 9.62 Å². The largest absolute Gasteiger partial charge is 0.425 e. The van der Waals surface area contributed by atoms with E-state index in [0.29, 0.717) is 22.8 Å². The first kappa shape index (κ1) is 15.9. The molecule has 0 aliphatic carbocycles. The number of nitrogens with zero attached hydrogens (tertiary/aromatic N) is 6. The number of aryl methyl sites for hydroxylation is 1. The molecule has 0 bridgehead atoms. The van der Waals surface area contributed by atoms with Crippen LogP contribution in [-0.2, 0) is 0 Å². The summed E-state index contributed by atoms with van der Waals surface area (Å²) in [5.41, 5.74) is 4.34. The van der Waals surface area contributed by atoms with Crippen molar-refractivity contribution in [1.82, 2.24) is 30.7 Å². The van der Waals surface area contributed by atoms with E-state index >= 15 is 0 Å². The molecule has 0 radical (unpaired) electrons. The average Bonchev–Trinajstić information content (AvgIpc) is 3.40. The molecule has 5 rings (SSSR count). The summed E-state index contributed by atoms with van der Waals surface area (Å²) in [6.07, 6.45) is 3.57. The molecule has 1 aromatic carbocycles. The normalized spacial score (nSPS) is 19.3. The molecule has 9 nitrogen and oxygen atoms in total. The van der Waals surface area contributed by atoms with Crippen molar-refractivity contribution >= 4 is 22.6 Å². The molecular formula is C18H17N7O2. The molecule has 1 aliphatic rings. The lowest BCUT2D eigenvalue weighted by Gasteiger charge is -2.29. The van der Waals surface area contributed by atoms with Gasteiger partial charge < -0.3 is 4.42 Å². The van der Waals surface area contributed by atoms with Crippen LogP contribution in [0, 0.1) is 6.92 Å². The molecule has 4 heterocycles. The Kier molecular flexibility index (Phi) is 3.59. The zero-order valence-corrected chi connectivity index (χ0v) is 14.9. The number of rotatable bonds is 4. The van der Waals surface area contributed by atoms with Crippen LogP contribution in [-0.4, -0.2) is 36.4 Å². The van der Waals surface area contributed by atoms with Gasteiger partial charge >= 0.3 is 0 Å². The second-order valence-electron chi connectivity index (χ2n) is 6.62. The quantitative estimate of drug-likeness (QED) is 0.590. The van der Waals surface area contributed by atoms with Gasteiger partial charge in [0, 0.05) is 24.1 Å². The molecule has 2 unspecified atom stereocenters. The summed E-state index contributed by atoms with van der Waals surface area (Å²) in [7, 11) is 0. The van der Waals surface area contributed by atoms with E-state index in [0.717, 1.165) is 35.5 Å². The number of H-pyrrole nitrogens is 1. The van der Waals surface area contributed by atoms with Gasteiger partial charge in [0.1, 0.15) is 11.0 Å². The molecule has 4 aromatic rings. The fraction of sp³-hybridized carbons (Fsp3) is 0.333. The van der Waals surface area contributed by atoms with Gasteiger partial charge in [-0.1, -0.05) is 25.5 Å². The fourth-order valence-corrected chi connectivity index (χ4v) is 3.81. The topological polar surface area (TPSA) is 119 Å². The van der Waals surface area contributed by atoms with Crippen molar-refractivity contribution in [3.05, 3.63) is 47.3 Å². The highest BCUT2D eigenvalue weighted by Gasteiger charge is 2.40. The van der Waals surface area contributed by atoms with Crippen LogP contribution < -0.4 is 0 Å². The van der Waals surface area contributed by atoms with Gasteiger partial charge in [-0.3, -0.25) is 5.10 Å². The second-order valence-corrected chi connectivity index (χ2v) is 6.62. The van der Waals surface area contributed by atoms with Crippen molar-refractivity contribution in [3.8, 4) is 0 Å². The van der Waals surface area contributed by atoms with E-state index in [4.69, 9.17) is 14.0 Å². The van der Waals surface area contributed by atoms with E-state index in [1.54, 1.807) is 13.1 Å². The van der Waals surface area contributed by atoms with Crippen molar-refractivity contribution in [2.45, 2.75) is 38.5 Å². The first-order valence-corrected chi connectivity index (χ1v) is 8.88.